The monoisotopic (exact) mass is 333 g/mol. The van der Waals surface area contributed by atoms with Crippen molar-refractivity contribution in [2.45, 2.75) is 49.9 Å². The van der Waals surface area contributed by atoms with Crippen LogP contribution in [0.15, 0.2) is 24.3 Å². The Hall–Kier alpha value is -1.63. The van der Waals surface area contributed by atoms with Gasteiger partial charge in [0.25, 0.3) is 0 Å². The zero-order valence-corrected chi connectivity index (χ0v) is 14.2. The van der Waals surface area contributed by atoms with Gasteiger partial charge >= 0.3 is 0 Å². The van der Waals surface area contributed by atoms with E-state index in [-0.39, 0.29) is 12.3 Å². The predicted octanol–water partition coefficient (Wildman–Crippen LogP) is 0.590. The molecular weight excluding hydrogens is 306 g/mol. The summed E-state index contributed by atoms with van der Waals surface area (Å²) < 4.78 is 5.97. The lowest BCUT2D eigenvalue weighted by atomic mass is 9.73. The van der Waals surface area contributed by atoms with Gasteiger partial charge in [-0.1, -0.05) is 12.1 Å². The van der Waals surface area contributed by atoms with Crippen LogP contribution in [0.1, 0.15) is 31.7 Å². The van der Waals surface area contributed by atoms with Crippen molar-refractivity contribution in [3.63, 3.8) is 0 Å². The minimum absolute atomic E-state index is 0.0905. The fraction of sp³-hybridized carbons (Fsp3) is 0.611. The second-order valence-electron chi connectivity index (χ2n) is 7.20. The van der Waals surface area contributed by atoms with E-state index in [1.165, 1.54) is 0 Å². The molecule has 1 amide bonds. The number of nitrogens with two attached hydrogens (primary N) is 1. The largest absolute Gasteiger partial charge is 0.399 e. The number of hydrogen-bond donors (Lipinski definition) is 4. The molecule has 1 spiro atoms. The van der Waals surface area contributed by atoms with Crippen LogP contribution in [-0.2, 0) is 16.0 Å². The highest BCUT2D eigenvalue weighted by Gasteiger charge is 2.52. The Kier molecular flexibility index (Phi) is 4.80. The number of anilines is 1. The molecule has 6 heteroatoms. The quantitative estimate of drug-likeness (QED) is 0.607. The number of piperidine rings is 1. The highest BCUT2D eigenvalue weighted by atomic mass is 16.5. The lowest BCUT2D eigenvalue weighted by molar-refractivity contribution is -0.200. The minimum Gasteiger partial charge on any atom is -0.399 e. The number of ether oxygens (including phenoxy) is 1. The summed E-state index contributed by atoms with van der Waals surface area (Å²) in [6, 6.07) is 7.28. The molecule has 2 aliphatic rings. The number of aliphatic hydroxyl groups excluding tert-OH is 1. The molecule has 3 rings (SSSR count). The summed E-state index contributed by atoms with van der Waals surface area (Å²) >= 11 is 0. The maximum Gasteiger partial charge on any atom is 0.224 e. The van der Waals surface area contributed by atoms with Crippen molar-refractivity contribution in [3.05, 3.63) is 29.8 Å². The molecule has 2 saturated heterocycles. The summed E-state index contributed by atoms with van der Waals surface area (Å²) in [6.45, 7) is 4.12. The summed E-state index contributed by atoms with van der Waals surface area (Å²) in [7, 11) is 0. The van der Waals surface area contributed by atoms with Gasteiger partial charge in [-0.25, -0.2) is 0 Å². The molecule has 0 bridgehead atoms. The van der Waals surface area contributed by atoms with Crippen molar-refractivity contribution in [3.8, 4) is 0 Å². The van der Waals surface area contributed by atoms with Gasteiger partial charge in [0.05, 0.1) is 17.6 Å². The van der Waals surface area contributed by atoms with E-state index in [2.05, 4.69) is 10.6 Å². The fourth-order valence-electron chi connectivity index (χ4n) is 3.84. The van der Waals surface area contributed by atoms with Crippen LogP contribution in [0, 0.1) is 0 Å². The normalized spacial score (nSPS) is 29.3. The standard InChI is InChI=1S/C18H27N3O3/c1-17(21-15(22)12-13-2-4-14(19)5-3-13)8-11-24-18(16(17)23)6-9-20-10-7-18/h2-5,16,20,23H,6-12,19H2,1H3,(H,21,22)/t16-,17+/m0/s1. The highest BCUT2D eigenvalue weighted by Crippen LogP contribution is 2.38. The molecule has 2 heterocycles. The van der Waals surface area contributed by atoms with E-state index >= 15 is 0 Å². The highest BCUT2D eigenvalue weighted by molar-refractivity contribution is 5.79. The molecule has 2 atom stereocenters. The molecule has 0 saturated carbocycles. The van der Waals surface area contributed by atoms with E-state index in [0.29, 0.717) is 18.7 Å². The van der Waals surface area contributed by atoms with Crippen molar-refractivity contribution in [2.24, 2.45) is 0 Å². The van der Waals surface area contributed by atoms with Crippen LogP contribution in [-0.4, -0.2) is 48.0 Å². The number of nitrogen functional groups attached to an aromatic ring is 1. The van der Waals surface area contributed by atoms with Crippen molar-refractivity contribution >= 4 is 11.6 Å². The number of benzene rings is 1. The number of hydrogen-bond acceptors (Lipinski definition) is 5. The average molecular weight is 333 g/mol. The Morgan fingerprint density at radius 1 is 1.33 bits per heavy atom. The van der Waals surface area contributed by atoms with Gasteiger partial charge in [-0.15, -0.1) is 0 Å². The van der Waals surface area contributed by atoms with Crippen LogP contribution >= 0.6 is 0 Å². The number of carbonyl (C=O) groups excluding carboxylic acids is 1. The first-order valence-electron chi connectivity index (χ1n) is 8.62. The lowest BCUT2D eigenvalue weighted by Gasteiger charge is -2.52. The summed E-state index contributed by atoms with van der Waals surface area (Å²) in [5, 5.41) is 17.3. The second-order valence-corrected chi connectivity index (χ2v) is 7.20. The summed E-state index contributed by atoms with van der Waals surface area (Å²) in [5.74, 6) is -0.0905. The third-order valence-corrected chi connectivity index (χ3v) is 5.33. The van der Waals surface area contributed by atoms with Crippen LogP contribution in [0.25, 0.3) is 0 Å². The molecule has 0 radical (unpaired) electrons. The first kappa shape index (κ1) is 17.2. The van der Waals surface area contributed by atoms with Gasteiger partial charge in [0.1, 0.15) is 6.10 Å². The Labute approximate surface area is 142 Å². The van der Waals surface area contributed by atoms with Crippen molar-refractivity contribution in [2.75, 3.05) is 25.4 Å². The third-order valence-electron chi connectivity index (χ3n) is 5.33. The molecule has 2 fully saturated rings. The Morgan fingerprint density at radius 2 is 2.00 bits per heavy atom. The van der Waals surface area contributed by atoms with Gasteiger partial charge in [0.15, 0.2) is 0 Å². The molecule has 2 aliphatic heterocycles. The molecule has 0 unspecified atom stereocenters. The van der Waals surface area contributed by atoms with E-state index in [0.717, 1.165) is 31.5 Å². The van der Waals surface area contributed by atoms with Crippen molar-refractivity contribution in [1.82, 2.24) is 10.6 Å². The van der Waals surface area contributed by atoms with Gasteiger partial charge in [-0.3, -0.25) is 4.79 Å². The zero-order chi connectivity index (χ0) is 17.2. The number of amides is 1. The molecule has 0 aliphatic carbocycles. The molecule has 24 heavy (non-hydrogen) atoms. The molecule has 1 aromatic carbocycles. The number of nitrogens with one attached hydrogen (secondary N) is 2. The molecular formula is C18H27N3O3. The van der Waals surface area contributed by atoms with Gasteiger partial charge in [-0.05, 0) is 57.0 Å². The third kappa shape index (κ3) is 3.41. The molecule has 1 aromatic rings. The van der Waals surface area contributed by atoms with E-state index in [1.807, 2.05) is 19.1 Å². The zero-order valence-electron chi connectivity index (χ0n) is 14.2. The van der Waals surface area contributed by atoms with Crippen LogP contribution in [0.2, 0.25) is 0 Å². The Morgan fingerprint density at radius 3 is 2.67 bits per heavy atom. The van der Waals surface area contributed by atoms with Crippen LogP contribution in [0.4, 0.5) is 5.69 Å². The first-order valence-corrected chi connectivity index (χ1v) is 8.62. The van der Waals surface area contributed by atoms with Crippen molar-refractivity contribution < 1.29 is 14.6 Å². The molecule has 5 N–H and O–H groups in total. The Bertz CT molecular complexity index is 578. The maximum absolute atomic E-state index is 12.5. The summed E-state index contributed by atoms with van der Waals surface area (Å²) in [5.41, 5.74) is 6.04. The number of carbonyl (C=O) groups is 1. The van der Waals surface area contributed by atoms with E-state index in [4.69, 9.17) is 10.5 Å². The average Bonchev–Trinajstić information content (AvgIpc) is 2.56. The SMILES string of the molecule is C[C@@]1(NC(=O)Cc2ccc(N)cc2)CCOC2(CCNCC2)[C@H]1O. The molecule has 132 valence electrons. The lowest BCUT2D eigenvalue weighted by Crippen LogP contribution is -2.69. The van der Waals surface area contributed by atoms with Gasteiger partial charge in [0, 0.05) is 12.3 Å². The number of aliphatic hydroxyl groups is 1. The van der Waals surface area contributed by atoms with Crippen molar-refractivity contribution in [1.29, 1.82) is 0 Å². The van der Waals surface area contributed by atoms with Gasteiger partial charge in [-0.2, -0.15) is 0 Å². The molecule has 6 nitrogen and oxygen atoms in total. The second kappa shape index (κ2) is 6.70. The Balaban J connectivity index is 1.67. The maximum atomic E-state index is 12.5. The van der Waals surface area contributed by atoms with E-state index < -0.39 is 17.2 Å². The summed E-state index contributed by atoms with van der Waals surface area (Å²) in [4.78, 5) is 12.5. The first-order chi connectivity index (χ1) is 11.4. The predicted molar refractivity (Wildman–Crippen MR) is 92.5 cm³/mol. The van der Waals surface area contributed by atoms with Gasteiger partial charge in [0.2, 0.25) is 5.91 Å². The van der Waals surface area contributed by atoms with Crippen LogP contribution < -0.4 is 16.4 Å². The smallest absolute Gasteiger partial charge is 0.224 e. The van der Waals surface area contributed by atoms with Crippen LogP contribution in [0.5, 0.6) is 0 Å². The van der Waals surface area contributed by atoms with Gasteiger partial charge < -0.3 is 26.2 Å². The topological polar surface area (TPSA) is 96.6 Å². The number of rotatable bonds is 3. The van der Waals surface area contributed by atoms with E-state index in [1.54, 1.807) is 12.1 Å². The fourth-order valence-corrected chi connectivity index (χ4v) is 3.84. The molecule has 0 aromatic heterocycles. The summed E-state index contributed by atoms with van der Waals surface area (Å²) in [6.07, 6.45) is 1.69. The van der Waals surface area contributed by atoms with E-state index in [9.17, 15) is 9.90 Å². The van der Waals surface area contributed by atoms with Crippen LogP contribution in [0.3, 0.4) is 0 Å². The minimum atomic E-state index is -0.712.